The summed E-state index contributed by atoms with van der Waals surface area (Å²) in [4.78, 5) is 12.1. The number of hydrogen-bond acceptors (Lipinski definition) is 17. The van der Waals surface area contributed by atoms with Crippen LogP contribution < -0.4 is 5.32 Å². The molecule has 3 heterocycles. The second kappa shape index (κ2) is 44.1. The summed E-state index contributed by atoms with van der Waals surface area (Å²) in [5, 5.41) is 1.96. The molecule has 6 unspecified atom stereocenters. The van der Waals surface area contributed by atoms with Gasteiger partial charge in [0.2, 0.25) is 0 Å². The average molecular weight is 1560 g/mol. The summed E-state index contributed by atoms with van der Waals surface area (Å²) >= 11 is 0. The SMILES string of the molecule is O=C(NCCCO[C@H]1O[C@H](COCc2ccccc2)[C@@H](O[C@@H]2OC(COCc3ccccc3)[C@H](O[C@@H]3OC(COCc4ccccc4)[C@H](OCc4ccccc4)[C@H](OCc4ccccc4)C3OCc3ccccc3)[C@H](OCc3ccccc3)C2OCc2ccccc2)C(OCc2ccccc2)C1OCc1ccccc1)C(F)(F)F. The van der Waals surface area contributed by atoms with Crippen LogP contribution in [0, 0.1) is 0 Å². The van der Waals surface area contributed by atoms with Gasteiger partial charge in [0, 0.05) is 6.54 Å². The van der Waals surface area contributed by atoms with E-state index in [2.05, 4.69) is 0 Å². The Hall–Kier alpha value is -9.18. The Morgan fingerprint density at radius 2 is 0.491 bits per heavy atom. The molecule has 1 amide bonds. The Bertz CT molecular complexity index is 4300. The third-order valence-electron chi connectivity index (χ3n) is 19.7. The van der Waals surface area contributed by atoms with E-state index in [1.54, 1.807) is 0 Å². The van der Waals surface area contributed by atoms with E-state index in [9.17, 15) is 18.0 Å². The fourth-order valence-corrected chi connectivity index (χ4v) is 13.9. The van der Waals surface area contributed by atoms with E-state index < -0.39 is 104 Å². The molecule has 10 aromatic rings. The molecule has 3 aliphatic rings. The maximum Gasteiger partial charge on any atom is 0.471 e. The maximum atomic E-state index is 13.5. The molecule has 0 bridgehead atoms. The number of rotatable bonds is 42. The zero-order chi connectivity index (χ0) is 78.2. The molecular formula is C93H98F3NO17. The van der Waals surface area contributed by atoms with Gasteiger partial charge in [0.05, 0.1) is 92.5 Å². The van der Waals surface area contributed by atoms with Crippen LogP contribution in [0.15, 0.2) is 303 Å². The summed E-state index contributed by atoms with van der Waals surface area (Å²) in [6.45, 7) is 0.346. The summed E-state index contributed by atoms with van der Waals surface area (Å²) < 4.78 is 156. The van der Waals surface area contributed by atoms with Gasteiger partial charge in [0.1, 0.15) is 73.2 Å². The fourth-order valence-electron chi connectivity index (χ4n) is 13.9. The maximum absolute atomic E-state index is 13.5. The molecule has 0 spiro atoms. The molecule has 3 aliphatic heterocycles. The molecule has 13 rings (SSSR count). The van der Waals surface area contributed by atoms with Gasteiger partial charge in [-0.25, -0.2) is 0 Å². The van der Waals surface area contributed by atoms with Gasteiger partial charge < -0.3 is 81.1 Å². The highest BCUT2D eigenvalue weighted by Gasteiger charge is 2.58. The van der Waals surface area contributed by atoms with E-state index in [1.807, 2.05) is 309 Å². The van der Waals surface area contributed by atoms with Crippen LogP contribution >= 0.6 is 0 Å². The van der Waals surface area contributed by atoms with Crippen molar-refractivity contribution in [1.82, 2.24) is 5.32 Å². The molecule has 1 N–H and O–H groups in total. The van der Waals surface area contributed by atoms with Crippen molar-refractivity contribution >= 4 is 5.91 Å². The first kappa shape index (κ1) is 82.8. The largest absolute Gasteiger partial charge is 0.471 e. The summed E-state index contributed by atoms with van der Waals surface area (Å²) in [5.74, 6) is -2.07. The van der Waals surface area contributed by atoms with Crippen molar-refractivity contribution < 1.29 is 93.8 Å². The van der Waals surface area contributed by atoms with E-state index in [0.29, 0.717) is 0 Å². The van der Waals surface area contributed by atoms with E-state index in [1.165, 1.54) is 0 Å². The highest BCUT2D eigenvalue weighted by atomic mass is 19.4. The Labute approximate surface area is 664 Å². The lowest BCUT2D eigenvalue weighted by Gasteiger charge is -2.52. The van der Waals surface area contributed by atoms with E-state index in [-0.39, 0.29) is 105 Å². The normalized spacial score (nSPS) is 23.7. The molecule has 114 heavy (non-hydrogen) atoms. The van der Waals surface area contributed by atoms with Gasteiger partial charge in [0.15, 0.2) is 18.9 Å². The zero-order valence-corrected chi connectivity index (χ0v) is 63.4. The molecule has 0 radical (unpaired) electrons. The lowest BCUT2D eigenvalue weighted by Crippen LogP contribution is -2.68. The predicted octanol–water partition coefficient (Wildman–Crippen LogP) is 15.8. The van der Waals surface area contributed by atoms with Gasteiger partial charge >= 0.3 is 12.1 Å². The highest BCUT2D eigenvalue weighted by molar-refractivity contribution is 5.81. The lowest BCUT2D eigenvalue weighted by molar-refractivity contribution is -0.395. The Kier molecular flexibility index (Phi) is 32.0. The first-order chi connectivity index (χ1) is 56.1. The van der Waals surface area contributed by atoms with Crippen molar-refractivity contribution in [2.75, 3.05) is 33.0 Å². The van der Waals surface area contributed by atoms with Crippen LogP contribution in [-0.2, 0) is 147 Å². The summed E-state index contributed by atoms with van der Waals surface area (Å²) in [6.07, 6.45) is -22.1. The number of nitrogens with one attached hydrogen (secondary N) is 1. The number of ether oxygens (including phenoxy) is 16. The van der Waals surface area contributed by atoms with Gasteiger partial charge in [-0.15, -0.1) is 0 Å². The summed E-state index contributed by atoms with van der Waals surface area (Å²) in [7, 11) is 0. The number of benzene rings is 10. The Morgan fingerprint density at radius 3 is 0.763 bits per heavy atom. The fraction of sp³-hybridized carbons (Fsp3) is 0.344. The zero-order valence-electron chi connectivity index (χ0n) is 63.4. The minimum Gasteiger partial charge on any atom is -0.374 e. The van der Waals surface area contributed by atoms with Crippen molar-refractivity contribution in [3.8, 4) is 0 Å². The minimum atomic E-state index is -5.09. The van der Waals surface area contributed by atoms with Gasteiger partial charge in [-0.3, -0.25) is 4.79 Å². The first-order valence-electron chi connectivity index (χ1n) is 38.8. The van der Waals surface area contributed by atoms with E-state index in [0.717, 1.165) is 55.6 Å². The quantitative estimate of drug-likeness (QED) is 0.0357. The van der Waals surface area contributed by atoms with Crippen molar-refractivity contribution in [1.29, 1.82) is 0 Å². The van der Waals surface area contributed by atoms with Gasteiger partial charge in [-0.2, -0.15) is 13.2 Å². The van der Waals surface area contributed by atoms with Gasteiger partial charge in [0.25, 0.3) is 0 Å². The number of hydrogen-bond donors (Lipinski definition) is 1. The van der Waals surface area contributed by atoms with Crippen LogP contribution in [0.25, 0.3) is 0 Å². The number of alkyl halides is 3. The highest BCUT2D eigenvalue weighted by Crippen LogP contribution is 2.40. The first-order valence-corrected chi connectivity index (χ1v) is 38.8. The molecule has 0 aromatic heterocycles. The summed E-state index contributed by atoms with van der Waals surface area (Å²) in [6, 6.07) is 97.7. The van der Waals surface area contributed by atoms with Crippen LogP contribution in [0.2, 0.25) is 0 Å². The van der Waals surface area contributed by atoms with Crippen LogP contribution in [0.1, 0.15) is 62.1 Å². The molecule has 10 aromatic carbocycles. The van der Waals surface area contributed by atoms with Crippen molar-refractivity contribution in [2.24, 2.45) is 0 Å². The van der Waals surface area contributed by atoms with Crippen LogP contribution in [0.5, 0.6) is 0 Å². The third-order valence-corrected chi connectivity index (χ3v) is 19.7. The number of amides is 1. The van der Waals surface area contributed by atoms with Crippen molar-refractivity contribution in [3.05, 3.63) is 359 Å². The molecule has 598 valence electrons. The minimum absolute atomic E-state index is 0.0160. The lowest BCUT2D eigenvalue weighted by atomic mass is 9.95. The van der Waals surface area contributed by atoms with Crippen LogP contribution in [0.3, 0.4) is 0 Å². The average Bonchev–Trinajstić information content (AvgIpc) is 0.761. The number of carbonyl (C=O) groups excluding carboxylic acids is 1. The molecule has 0 aliphatic carbocycles. The van der Waals surface area contributed by atoms with Gasteiger partial charge in [-0.1, -0.05) is 303 Å². The molecule has 18 nitrogen and oxygen atoms in total. The van der Waals surface area contributed by atoms with Gasteiger partial charge in [-0.05, 0) is 62.1 Å². The second-order valence-electron chi connectivity index (χ2n) is 28.1. The van der Waals surface area contributed by atoms with Crippen LogP contribution in [-0.4, -0.2) is 137 Å². The van der Waals surface area contributed by atoms with E-state index >= 15 is 0 Å². The second-order valence-corrected chi connectivity index (χ2v) is 28.1. The van der Waals surface area contributed by atoms with Crippen LogP contribution in [0.4, 0.5) is 13.2 Å². The molecule has 21 heteroatoms. The standard InChI is InChI=1S/C93H98F3NO17/c94-93(95,96)92(98)97-52-31-53-102-89-86(107-61-74-46-25-8-26-47-74)84(105-59-72-42-21-6-22-43-72)81(78(110-89)65-100-55-68-34-13-2-14-35-68)113-91-88(109-63-76-50-29-10-30-51-76)85(106-60-73-44-23-7-24-45-73)82(79(112-91)66-101-56-69-36-15-3-16-37-69)114-90-87(108-62-75-48-27-9-28-49-75)83(104-58-71-40-19-5-20-41-71)80(103-57-70-38-17-4-18-39-70)77(111-90)64-99-54-67-32-11-1-12-33-67/h1-30,32-51,77-91H,31,52-66H2,(H,97,98)/t77?,78-,79?,80+,81-,82+,83+,84?,85+,86?,87?,88?,89+,90+,91+/m1/s1. The third kappa shape index (κ3) is 25.2. The van der Waals surface area contributed by atoms with Crippen molar-refractivity contribution in [2.45, 2.75) is 171 Å². The smallest absolute Gasteiger partial charge is 0.374 e. The van der Waals surface area contributed by atoms with E-state index in [4.69, 9.17) is 75.8 Å². The molecule has 0 saturated carbocycles. The molecule has 3 saturated heterocycles. The Balaban J connectivity index is 0.936. The predicted molar refractivity (Wildman–Crippen MR) is 419 cm³/mol. The number of halogens is 3. The molecule has 15 atom stereocenters. The van der Waals surface area contributed by atoms with Crippen molar-refractivity contribution in [3.63, 3.8) is 0 Å². The summed E-state index contributed by atoms with van der Waals surface area (Å²) in [5.41, 5.74) is 8.69. The monoisotopic (exact) mass is 1560 g/mol. The number of carbonyl (C=O) groups is 1. The Morgan fingerprint density at radius 1 is 0.272 bits per heavy atom. The molecule has 3 fully saturated rings. The topological polar surface area (TPSA) is 177 Å². The molecular weight excluding hydrogens is 1460 g/mol.